The van der Waals surface area contributed by atoms with Crippen LogP contribution in [0.5, 0.6) is 0 Å². The summed E-state index contributed by atoms with van der Waals surface area (Å²) in [5, 5.41) is 29.9. The van der Waals surface area contributed by atoms with E-state index in [2.05, 4.69) is 6.92 Å². The quantitative estimate of drug-likeness (QED) is 0.404. The van der Waals surface area contributed by atoms with Crippen molar-refractivity contribution < 1.29 is 29.5 Å². The van der Waals surface area contributed by atoms with Crippen molar-refractivity contribution in [3.05, 3.63) is 0 Å². The Morgan fingerprint density at radius 1 is 1.04 bits per heavy atom. The maximum absolute atomic E-state index is 10.4. The summed E-state index contributed by atoms with van der Waals surface area (Å²) in [5.41, 5.74) is 0. The molecule has 0 saturated carbocycles. The van der Waals surface area contributed by atoms with Gasteiger partial charge >= 0.3 is 0 Å². The van der Waals surface area contributed by atoms with Crippen molar-refractivity contribution in [1.29, 1.82) is 0 Å². The highest BCUT2D eigenvalue weighted by atomic mass is 16.7. The minimum absolute atomic E-state index is 0.151. The lowest BCUT2D eigenvalue weighted by Gasteiger charge is -2.42. The first kappa shape index (κ1) is 23.8. The predicted molar refractivity (Wildman–Crippen MR) is 101 cm³/mol. The summed E-state index contributed by atoms with van der Waals surface area (Å²) in [7, 11) is 1.48. The highest BCUT2D eigenvalue weighted by Crippen LogP contribution is 2.28. The summed E-state index contributed by atoms with van der Waals surface area (Å²) in [6.45, 7) is 4.01. The summed E-state index contributed by atoms with van der Waals surface area (Å²) in [5.74, 6) is -0.263. The molecular formula is C20H40O6. The summed E-state index contributed by atoms with van der Waals surface area (Å²) in [6, 6.07) is 0. The normalized spacial score (nSPS) is 30.5. The number of aliphatic hydroxyl groups is 3. The van der Waals surface area contributed by atoms with E-state index >= 15 is 0 Å². The minimum atomic E-state index is -0.804. The van der Waals surface area contributed by atoms with Crippen LogP contribution in [0, 0.1) is 5.92 Å². The molecule has 6 atom stereocenters. The molecule has 0 aromatic carbocycles. The van der Waals surface area contributed by atoms with Crippen LogP contribution in [0.3, 0.4) is 0 Å². The molecule has 26 heavy (non-hydrogen) atoms. The van der Waals surface area contributed by atoms with Gasteiger partial charge in [0.05, 0.1) is 31.5 Å². The number of aliphatic hydroxyl groups excluding tert-OH is 3. The van der Waals surface area contributed by atoms with Crippen LogP contribution < -0.4 is 0 Å². The molecule has 0 aromatic rings. The fourth-order valence-electron chi connectivity index (χ4n) is 3.45. The lowest BCUT2D eigenvalue weighted by Crippen LogP contribution is -2.56. The lowest BCUT2D eigenvalue weighted by atomic mass is 9.91. The second-order valence-electron chi connectivity index (χ2n) is 7.53. The standard InChI is InChI=1S/C20H40O6/c1-4-5-6-7-8-9-10-11-12-16(22)14-25-19-18(23)15(2)17(13-21)26-20(19)24-3/h15-23H,4-14H2,1-3H3/t15-,16?,17?,18+,19?,20-/m0/s1. The van der Waals surface area contributed by atoms with E-state index in [-0.39, 0.29) is 19.1 Å². The molecule has 1 saturated heterocycles. The van der Waals surface area contributed by atoms with Crippen molar-refractivity contribution in [3.8, 4) is 0 Å². The van der Waals surface area contributed by atoms with E-state index in [9.17, 15) is 15.3 Å². The number of hydrogen-bond acceptors (Lipinski definition) is 6. The number of methoxy groups -OCH3 is 1. The topological polar surface area (TPSA) is 88.4 Å². The smallest absolute Gasteiger partial charge is 0.186 e. The van der Waals surface area contributed by atoms with Crippen molar-refractivity contribution >= 4 is 0 Å². The van der Waals surface area contributed by atoms with Crippen LogP contribution in [0.15, 0.2) is 0 Å². The third kappa shape index (κ3) is 8.19. The fraction of sp³-hybridized carbons (Fsp3) is 1.00. The van der Waals surface area contributed by atoms with Gasteiger partial charge in [-0.2, -0.15) is 0 Å². The first-order valence-corrected chi connectivity index (χ1v) is 10.3. The van der Waals surface area contributed by atoms with Gasteiger partial charge in [-0.3, -0.25) is 0 Å². The third-order valence-electron chi connectivity index (χ3n) is 5.32. The van der Waals surface area contributed by atoms with Crippen molar-refractivity contribution in [1.82, 2.24) is 0 Å². The predicted octanol–water partition coefficient (Wildman–Crippen LogP) is 2.62. The average molecular weight is 377 g/mol. The molecule has 156 valence electrons. The van der Waals surface area contributed by atoms with Crippen molar-refractivity contribution in [2.45, 2.75) is 102 Å². The van der Waals surface area contributed by atoms with Crippen LogP contribution in [0.4, 0.5) is 0 Å². The maximum Gasteiger partial charge on any atom is 0.186 e. The van der Waals surface area contributed by atoms with Gasteiger partial charge in [0.1, 0.15) is 6.10 Å². The van der Waals surface area contributed by atoms with Gasteiger partial charge in [0, 0.05) is 13.0 Å². The molecule has 0 amide bonds. The van der Waals surface area contributed by atoms with Gasteiger partial charge in [-0.25, -0.2) is 0 Å². The Hall–Kier alpha value is -0.240. The summed E-state index contributed by atoms with van der Waals surface area (Å²) < 4.78 is 16.6. The molecule has 1 aliphatic heterocycles. The van der Waals surface area contributed by atoms with E-state index in [1.807, 2.05) is 6.92 Å². The second-order valence-corrected chi connectivity index (χ2v) is 7.53. The SMILES string of the molecule is CCCCCCCCCCC(O)COC1[C@@H](OC)OC(CO)[C@H](C)[C@H]1O. The molecule has 0 spiro atoms. The molecule has 3 N–H and O–H groups in total. The molecule has 0 aromatic heterocycles. The minimum Gasteiger partial charge on any atom is -0.394 e. The first-order valence-electron chi connectivity index (χ1n) is 10.3. The molecule has 1 heterocycles. The van der Waals surface area contributed by atoms with Crippen LogP contribution in [-0.4, -0.2) is 66.3 Å². The molecule has 6 nitrogen and oxygen atoms in total. The third-order valence-corrected chi connectivity index (χ3v) is 5.32. The Morgan fingerprint density at radius 2 is 1.65 bits per heavy atom. The molecule has 0 bridgehead atoms. The molecule has 0 radical (unpaired) electrons. The molecule has 6 heteroatoms. The van der Waals surface area contributed by atoms with Gasteiger partial charge in [-0.05, 0) is 6.42 Å². The van der Waals surface area contributed by atoms with Crippen LogP contribution in [0.25, 0.3) is 0 Å². The number of rotatable bonds is 14. The lowest BCUT2D eigenvalue weighted by molar-refractivity contribution is -0.293. The van der Waals surface area contributed by atoms with Gasteiger partial charge in [0.2, 0.25) is 0 Å². The monoisotopic (exact) mass is 376 g/mol. The number of ether oxygens (including phenoxy) is 3. The molecule has 1 aliphatic rings. The Morgan fingerprint density at radius 3 is 2.23 bits per heavy atom. The van der Waals surface area contributed by atoms with Crippen LogP contribution in [0.1, 0.15) is 71.6 Å². The fourth-order valence-corrected chi connectivity index (χ4v) is 3.45. The van der Waals surface area contributed by atoms with Gasteiger partial charge in [-0.15, -0.1) is 0 Å². The zero-order chi connectivity index (χ0) is 19.4. The summed E-state index contributed by atoms with van der Waals surface area (Å²) >= 11 is 0. The van der Waals surface area contributed by atoms with E-state index in [0.717, 1.165) is 12.8 Å². The molecule has 3 unspecified atom stereocenters. The number of unbranched alkanes of at least 4 members (excludes halogenated alkanes) is 7. The summed E-state index contributed by atoms with van der Waals surface area (Å²) in [6.07, 6.45) is 7.32. The Bertz CT molecular complexity index is 338. The Kier molecular flexibility index (Phi) is 12.7. The zero-order valence-corrected chi connectivity index (χ0v) is 16.8. The van der Waals surface area contributed by atoms with E-state index < -0.39 is 30.7 Å². The van der Waals surface area contributed by atoms with Gasteiger partial charge < -0.3 is 29.5 Å². The summed E-state index contributed by atoms with van der Waals surface area (Å²) in [4.78, 5) is 0. The van der Waals surface area contributed by atoms with Crippen molar-refractivity contribution in [2.24, 2.45) is 5.92 Å². The van der Waals surface area contributed by atoms with Gasteiger partial charge in [0.15, 0.2) is 6.29 Å². The Labute approximate surface area is 158 Å². The zero-order valence-electron chi connectivity index (χ0n) is 16.8. The molecule has 0 aliphatic carbocycles. The van der Waals surface area contributed by atoms with E-state index in [1.54, 1.807) is 0 Å². The van der Waals surface area contributed by atoms with E-state index in [1.165, 1.54) is 45.6 Å². The van der Waals surface area contributed by atoms with Gasteiger partial charge in [0.25, 0.3) is 0 Å². The molecular weight excluding hydrogens is 336 g/mol. The molecule has 1 rings (SSSR count). The largest absolute Gasteiger partial charge is 0.394 e. The highest BCUT2D eigenvalue weighted by molar-refractivity contribution is 4.87. The number of hydrogen-bond donors (Lipinski definition) is 3. The van der Waals surface area contributed by atoms with E-state index in [0.29, 0.717) is 6.42 Å². The molecule has 1 fully saturated rings. The van der Waals surface area contributed by atoms with Crippen molar-refractivity contribution in [2.75, 3.05) is 20.3 Å². The van der Waals surface area contributed by atoms with Gasteiger partial charge in [-0.1, -0.05) is 65.2 Å². The highest BCUT2D eigenvalue weighted by Gasteiger charge is 2.43. The van der Waals surface area contributed by atoms with Crippen LogP contribution >= 0.6 is 0 Å². The maximum atomic E-state index is 10.4. The second kappa shape index (κ2) is 13.9. The van der Waals surface area contributed by atoms with Crippen LogP contribution in [0.2, 0.25) is 0 Å². The van der Waals surface area contributed by atoms with Crippen LogP contribution in [-0.2, 0) is 14.2 Å². The average Bonchev–Trinajstić information content (AvgIpc) is 2.65. The van der Waals surface area contributed by atoms with E-state index in [4.69, 9.17) is 14.2 Å². The van der Waals surface area contributed by atoms with Crippen molar-refractivity contribution in [3.63, 3.8) is 0 Å². The first-order chi connectivity index (χ1) is 12.5. The Balaban J connectivity index is 2.21.